The Hall–Kier alpha value is -3.13. The van der Waals surface area contributed by atoms with Gasteiger partial charge in [0.2, 0.25) is 5.89 Å². The third kappa shape index (κ3) is 6.31. The predicted molar refractivity (Wildman–Crippen MR) is 112 cm³/mol. The van der Waals surface area contributed by atoms with E-state index in [9.17, 15) is 32.6 Å². The molecule has 2 atom stereocenters. The molecule has 2 aliphatic rings. The monoisotopic (exact) mass is 503 g/mol. The van der Waals surface area contributed by atoms with Crippen LogP contribution >= 0.6 is 0 Å². The molecule has 10 nitrogen and oxygen atoms in total. The number of urea groups is 1. The number of alkyl halides is 3. The number of amides is 2. The van der Waals surface area contributed by atoms with E-state index in [2.05, 4.69) is 20.3 Å². The van der Waals surface area contributed by atoms with Crippen molar-refractivity contribution in [2.45, 2.75) is 50.9 Å². The normalized spacial score (nSPS) is 20.6. The Kier molecular flexibility index (Phi) is 7.31. The van der Waals surface area contributed by atoms with Crippen LogP contribution in [0.25, 0.3) is 0 Å². The van der Waals surface area contributed by atoms with Gasteiger partial charge in [-0.3, -0.25) is 0 Å². The molecular weight excluding hydrogens is 478 g/mol. The Labute approximate surface area is 197 Å². The van der Waals surface area contributed by atoms with E-state index < -0.39 is 30.6 Å². The molecule has 2 aromatic rings. The van der Waals surface area contributed by atoms with E-state index in [1.165, 1.54) is 0 Å². The fourth-order valence-electron chi connectivity index (χ4n) is 4.21. The lowest BCUT2D eigenvalue weighted by atomic mass is 9.94. The molecule has 2 unspecified atom stereocenters. The van der Waals surface area contributed by atoms with Crippen molar-refractivity contribution in [1.82, 2.24) is 20.4 Å². The van der Waals surface area contributed by atoms with Crippen LogP contribution in [0, 0.1) is 11.7 Å². The van der Waals surface area contributed by atoms with Gasteiger partial charge in [0.25, 0.3) is 0 Å². The Morgan fingerprint density at radius 2 is 2.00 bits per heavy atom. The number of carbonyl (C=O) groups is 1. The van der Waals surface area contributed by atoms with Crippen molar-refractivity contribution >= 4 is 12.0 Å². The van der Waals surface area contributed by atoms with Crippen molar-refractivity contribution in [1.29, 1.82) is 0 Å². The van der Waals surface area contributed by atoms with Crippen molar-refractivity contribution in [3.63, 3.8) is 0 Å². The van der Waals surface area contributed by atoms with Crippen molar-refractivity contribution in [3.05, 3.63) is 35.5 Å². The molecule has 1 aromatic heterocycles. The van der Waals surface area contributed by atoms with Crippen LogP contribution in [-0.4, -0.2) is 69.5 Å². The van der Waals surface area contributed by atoms with Crippen LogP contribution in [0.1, 0.15) is 30.7 Å². The van der Waals surface area contributed by atoms with E-state index in [4.69, 9.17) is 4.42 Å². The molecule has 1 saturated heterocycles. The average molecular weight is 503 g/mol. The Morgan fingerprint density at radius 3 is 2.60 bits per heavy atom. The minimum Gasteiger partial charge on any atom is -0.406 e. The molecule has 192 valence electrons. The molecule has 1 saturated carbocycles. The highest BCUT2D eigenvalue weighted by Gasteiger charge is 2.42. The van der Waals surface area contributed by atoms with Crippen LogP contribution in [0.15, 0.2) is 22.6 Å². The van der Waals surface area contributed by atoms with Gasteiger partial charge in [-0.05, 0) is 25.3 Å². The van der Waals surface area contributed by atoms with E-state index in [1.807, 2.05) is 0 Å². The van der Waals surface area contributed by atoms with Gasteiger partial charge in [-0.2, -0.15) is 0 Å². The summed E-state index contributed by atoms with van der Waals surface area (Å²) in [4.78, 5) is 16.5. The summed E-state index contributed by atoms with van der Waals surface area (Å²) in [6.07, 6.45) is -2.83. The molecule has 1 aromatic carbocycles. The topological polar surface area (TPSA) is 124 Å². The molecule has 0 bridgehead atoms. The zero-order chi connectivity index (χ0) is 25.2. The van der Waals surface area contributed by atoms with Gasteiger partial charge in [0.15, 0.2) is 0 Å². The Bertz CT molecular complexity index is 1030. The number of ether oxygens (including phenoxy) is 1. The lowest BCUT2D eigenvalue weighted by molar-refractivity contribution is -0.274. The number of nitrogens with one attached hydrogen (secondary N) is 1. The number of benzene rings is 1. The zero-order valence-electron chi connectivity index (χ0n) is 18.5. The summed E-state index contributed by atoms with van der Waals surface area (Å²) >= 11 is 0. The van der Waals surface area contributed by atoms with E-state index in [0.29, 0.717) is 25.6 Å². The van der Waals surface area contributed by atoms with Crippen LogP contribution in [-0.2, 0) is 13.2 Å². The number of aliphatic hydroxyl groups excluding tert-OH is 2. The first-order valence-electron chi connectivity index (χ1n) is 11.1. The highest BCUT2D eigenvalue weighted by Crippen LogP contribution is 2.34. The molecule has 14 heteroatoms. The molecule has 2 amide bonds. The Morgan fingerprint density at radius 1 is 1.23 bits per heavy atom. The molecule has 35 heavy (non-hydrogen) atoms. The molecule has 0 spiro atoms. The molecule has 2 heterocycles. The van der Waals surface area contributed by atoms with Crippen molar-refractivity contribution in [2.24, 2.45) is 5.92 Å². The number of aromatic nitrogens is 2. The minimum atomic E-state index is -4.94. The van der Waals surface area contributed by atoms with Crippen LogP contribution in [0.5, 0.6) is 5.75 Å². The number of rotatable bonds is 8. The molecule has 2 fully saturated rings. The summed E-state index contributed by atoms with van der Waals surface area (Å²) < 4.78 is 60.4. The smallest absolute Gasteiger partial charge is 0.406 e. The highest BCUT2D eigenvalue weighted by molar-refractivity contribution is 5.75. The van der Waals surface area contributed by atoms with Gasteiger partial charge >= 0.3 is 18.4 Å². The summed E-state index contributed by atoms with van der Waals surface area (Å²) in [5.74, 6) is -1.75. The summed E-state index contributed by atoms with van der Waals surface area (Å²) in [6.45, 7) is 0.0163. The molecule has 3 N–H and O–H groups in total. The van der Waals surface area contributed by atoms with Gasteiger partial charge in [0, 0.05) is 49.8 Å². The van der Waals surface area contributed by atoms with Gasteiger partial charge in [0.1, 0.15) is 18.2 Å². The van der Waals surface area contributed by atoms with E-state index >= 15 is 0 Å². The quantitative estimate of drug-likeness (QED) is 0.469. The number of hydrogen-bond acceptors (Lipinski definition) is 8. The van der Waals surface area contributed by atoms with Gasteiger partial charge in [-0.1, -0.05) is 11.2 Å². The fraction of sp³-hybridized carbons (Fsp3) is 0.571. The van der Waals surface area contributed by atoms with Gasteiger partial charge in [-0.25, -0.2) is 9.18 Å². The summed E-state index contributed by atoms with van der Waals surface area (Å²) in [6, 6.07) is 2.10. The molecule has 4 rings (SSSR count). The van der Waals surface area contributed by atoms with Crippen molar-refractivity contribution < 1.29 is 41.7 Å². The number of nitrogens with zero attached hydrogens (tertiary/aromatic N) is 4. The molecule has 0 radical (unpaired) electrons. The predicted octanol–water partition coefficient (Wildman–Crippen LogP) is 2.16. The van der Waals surface area contributed by atoms with E-state index in [-0.39, 0.29) is 48.6 Å². The minimum absolute atomic E-state index is 0.00418. The van der Waals surface area contributed by atoms with Gasteiger partial charge in [-0.15, -0.1) is 18.3 Å². The van der Waals surface area contributed by atoms with Gasteiger partial charge < -0.3 is 34.5 Å². The van der Waals surface area contributed by atoms with Crippen LogP contribution in [0.4, 0.5) is 28.4 Å². The van der Waals surface area contributed by atoms with E-state index in [1.54, 1.807) is 9.80 Å². The summed E-state index contributed by atoms with van der Waals surface area (Å²) in [5.41, 5.74) is 0.00418. The third-order valence-electron chi connectivity index (χ3n) is 5.89. The number of hydrogen-bond donors (Lipinski definition) is 3. The second kappa shape index (κ2) is 10.2. The van der Waals surface area contributed by atoms with Gasteiger partial charge in [0.05, 0.1) is 6.04 Å². The van der Waals surface area contributed by atoms with Crippen LogP contribution in [0.2, 0.25) is 0 Å². The number of aliphatic hydroxyl groups is 2. The summed E-state index contributed by atoms with van der Waals surface area (Å²) in [5, 5.41) is 29.3. The zero-order valence-corrected chi connectivity index (χ0v) is 18.5. The summed E-state index contributed by atoms with van der Waals surface area (Å²) in [7, 11) is 0. The maximum absolute atomic E-state index is 14.3. The largest absolute Gasteiger partial charge is 0.573 e. The first-order valence-corrected chi connectivity index (χ1v) is 11.1. The SMILES string of the molecule is O=C(NCc1ccc(OC(F)(F)F)cc1F)N(C1CC1)C1CC(CO)CN(c2nnc(CO)o2)C1. The highest BCUT2D eigenvalue weighted by atomic mass is 19.4. The number of halogens is 4. The second-order valence-electron chi connectivity index (χ2n) is 8.58. The number of piperidine rings is 1. The Balaban J connectivity index is 1.43. The number of anilines is 1. The third-order valence-corrected chi connectivity index (χ3v) is 5.89. The first kappa shape index (κ1) is 25.0. The van der Waals surface area contributed by atoms with Crippen LogP contribution in [0.3, 0.4) is 0 Å². The van der Waals surface area contributed by atoms with E-state index in [0.717, 1.165) is 25.0 Å². The molecular formula is C21H25F4N5O5. The second-order valence-corrected chi connectivity index (χ2v) is 8.58. The standard InChI is InChI=1S/C21H25F4N5O5/c22-17-6-16(35-21(23,24)25)4-1-13(17)7-26-19(33)30(14-2-3-14)15-5-12(10-31)8-29(9-15)20-28-27-18(11-32)34-20/h1,4,6,12,14-15,31-32H,2-3,5,7-11H2,(H,26,33). The molecule has 1 aliphatic carbocycles. The maximum Gasteiger partial charge on any atom is 0.573 e. The lowest BCUT2D eigenvalue weighted by Crippen LogP contribution is -2.56. The maximum atomic E-state index is 14.3. The number of carbonyl (C=O) groups excluding carboxylic acids is 1. The van der Waals surface area contributed by atoms with Crippen LogP contribution < -0.4 is 15.0 Å². The molecule has 1 aliphatic heterocycles. The lowest BCUT2D eigenvalue weighted by Gasteiger charge is -2.41. The fourth-order valence-corrected chi connectivity index (χ4v) is 4.21. The average Bonchev–Trinajstić information content (AvgIpc) is 3.51. The van der Waals surface area contributed by atoms with Crippen molar-refractivity contribution in [2.75, 3.05) is 24.6 Å². The van der Waals surface area contributed by atoms with Crippen molar-refractivity contribution in [3.8, 4) is 5.75 Å². The first-order chi connectivity index (χ1) is 16.7.